The van der Waals surface area contributed by atoms with E-state index in [9.17, 15) is 0 Å². The molecule has 1 N–H and O–H groups in total. The fourth-order valence-electron chi connectivity index (χ4n) is 3.23. The van der Waals surface area contributed by atoms with E-state index in [1.807, 2.05) is 6.33 Å². The largest absolute Gasteiger partial charge is 0.328 e. The van der Waals surface area contributed by atoms with Gasteiger partial charge in [-0.3, -0.25) is 0 Å². The highest BCUT2D eigenvalue weighted by Gasteiger charge is 2.31. The smallest absolute Gasteiger partial charge is 0.0955 e. The van der Waals surface area contributed by atoms with Gasteiger partial charge < -0.3 is 9.88 Å². The second-order valence-electron chi connectivity index (χ2n) is 6.40. The molecule has 0 bridgehead atoms. The Morgan fingerprint density at radius 2 is 2.10 bits per heavy atom. The van der Waals surface area contributed by atoms with Gasteiger partial charge in [-0.2, -0.15) is 0 Å². The maximum absolute atomic E-state index is 4.62. The number of aromatic nitrogens is 2. The number of hydrogen-bond acceptors (Lipinski definition) is 2. The van der Waals surface area contributed by atoms with Crippen molar-refractivity contribution in [2.75, 3.05) is 6.54 Å². The Morgan fingerprint density at radius 3 is 2.85 bits per heavy atom. The van der Waals surface area contributed by atoms with Crippen LogP contribution in [0, 0.1) is 13.8 Å². The van der Waals surface area contributed by atoms with Crippen LogP contribution in [0.15, 0.2) is 24.5 Å². The van der Waals surface area contributed by atoms with Gasteiger partial charge in [0.25, 0.3) is 0 Å². The van der Waals surface area contributed by atoms with Gasteiger partial charge in [0.1, 0.15) is 0 Å². The minimum absolute atomic E-state index is 0.00266. The second kappa shape index (κ2) is 4.74. The SMILES string of the molecule is Cc1ccc(Cn2cnc3c2C(C)(C)NCC3)c(C)c1. The normalized spacial score (nSPS) is 17.0. The van der Waals surface area contributed by atoms with Gasteiger partial charge in [0, 0.05) is 19.5 Å². The molecule has 0 spiro atoms. The summed E-state index contributed by atoms with van der Waals surface area (Å²) in [5.74, 6) is 0. The molecule has 2 heterocycles. The van der Waals surface area contributed by atoms with Crippen molar-refractivity contribution in [3.63, 3.8) is 0 Å². The minimum atomic E-state index is 0.00266. The van der Waals surface area contributed by atoms with E-state index < -0.39 is 0 Å². The fourth-order valence-corrected chi connectivity index (χ4v) is 3.23. The molecule has 0 saturated heterocycles. The molecule has 3 nitrogen and oxygen atoms in total. The van der Waals surface area contributed by atoms with E-state index in [1.54, 1.807) is 0 Å². The lowest BCUT2D eigenvalue weighted by Gasteiger charge is -2.32. The van der Waals surface area contributed by atoms with Gasteiger partial charge in [-0.05, 0) is 38.8 Å². The zero-order valence-corrected chi connectivity index (χ0v) is 12.8. The van der Waals surface area contributed by atoms with E-state index in [2.05, 4.69) is 60.8 Å². The molecule has 0 unspecified atom stereocenters. The molecule has 20 heavy (non-hydrogen) atoms. The summed E-state index contributed by atoms with van der Waals surface area (Å²) in [4.78, 5) is 4.62. The molecular weight excluding hydrogens is 246 g/mol. The molecule has 1 aromatic carbocycles. The fraction of sp³-hybridized carbons (Fsp3) is 0.471. The molecule has 3 heteroatoms. The number of hydrogen-bond donors (Lipinski definition) is 1. The summed E-state index contributed by atoms with van der Waals surface area (Å²) in [5, 5.41) is 3.59. The van der Waals surface area contributed by atoms with Crippen molar-refractivity contribution in [2.45, 2.75) is 46.2 Å². The zero-order valence-electron chi connectivity index (χ0n) is 12.8. The summed E-state index contributed by atoms with van der Waals surface area (Å²) >= 11 is 0. The predicted octanol–water partition coefficient (Wildman–Crippen LogP) is 2.93. The Labute approximate surface area is 121 Å². The summed E-state index contributed by atoms with van der Waals surface area (Å²) < 4.78 is 2.30. The van der Waals surface area contributed by atoms with Gasteiger partial charge in [0.15, 0.2) is 0 Å². The summed E-state index contributed by atoms with van der Waals surface area (Å²) in [7, 11) is 0. The van der Waals surface area contributed by atoms with Crippen LogP contribution in [0.25, 0.3) is 0 Å². The molecule has 106 valence electrons. The van der Waals surface area contributed by atoms with E-state index in [-0.39, 0.29) is 5.54 Å². The number of nitrogens with zero attached hydrogens (tertiary/aromatic N) is 2. The van der Waals surface area contributed by atoms with E-state index in [4.69, 9.17) is 0 Å². The Balaban J connectivity index is 1.98. The molecule has 1 aromatic heterocycles. The summed E-state index contributed by atoms with van der Waals surface area (Å²) in [6.45, 7) is 10.7. The number of benzene rings is 1. The van der Waals surface area contributed by atoms with Gasteiger partial charge in [0.2, 0.25) is 0 Å². The van der Waals surface area contributed by atoms with E-state index >= 15 is 0 Å². The Morgan fingerprint density at radius 1 is 1.30 bits per heavy atom. The lowest BCUT2D eigenvalue weighted by molar-refractivity contribution is 0.357. The van der Waals surface area contributed by atoms with Gasteiger partial charge in [-0.15, -0.1) is 0 Å². The van der Waals surface area contributed by atoms with Crippen LogP contribution in [0.4, 0.5) is 0 Å². The van der Waals surface area contributed by atoms with Gasteiger partial charge >= 0.3 is 0 Å². The molecule has 1 aliphatic heterocycles. The van der Waals surface area contributed by atoms with Gasteiger partial charge in [-0.1, -0.05) is 23.8 Å². The highest BCUT2D eigenvalue weighted by atomic mass is 15.1. The zero-order chi connectivity index (χ0) is 14.3. The van der Waals surface area contributed by atoms with Crippen LogP contribution < -0.4 is 5.32 Å². The van der Waals surface area contributed by atoms with Gasteiger partial charge in [-0.25, -0.2) is 4.98 Å². The van der Waals surface area contributed by atoms with E-state index in [0.29, 0.717) is 0 Å². The minimum Gasteiger partial charge on any atom is -0.328 e. The van der Waals surface area contributed by atoms with Crippen molar-refractivity contribution in [1.82, 2.24) is 14.9 Å². The van der Waals surface area contributed by atoms with Crippen LogP contribution in [0.3, 0.4) is 0 Å². The van der Waals surface area contributed by atoms with Crippen LogP contribution in [-0.4, -0.2) is 16.1 Å². The molecule has 3 rings (SSSR count). The highest BCUT2D eigenvalue weighted by Crippen LogP contribution is 2.28. The number of rotatable bonds is 2. The quantitative estimate of drug-likeness (QED) is 0.908. The Bertz CT molecular complexity index is 638. The van der Waals surface area contributed by atoms with E-state index in [1.165, 1.54) is 28.1 Å². The third-order valence-corrected chi connectivity index (χ3v) is 4.27. The molecule has 0 saturated carbocycles. The summed E-state index contributed by atoms with van der Waals surface area (Å²) in [6, 6.07) is 6.68. The monoisotopic (exact) mass is 269 g/mol. The lowest BCUT2D eigenvalue weighted by atomic mass is 9.93. The highest BCUT2D eigenvalue weighted by molar-refractivity contribution is 5.32. The first-order chi connectivity index (χ1) is 9.47. The standard InChI is InChI=1S/C17H23N3/c1-12-5-6-14(13(2)9-12)10-20-11-18-15-7-8-19-17(3,4)16(15)20/h5-6,9,11,19H,7-8,10H2,1-4H3. The average molecular weight is 269 g/mol. The molecule has 0 radical (unpaired) electrons. The van der Waals surface area contributed by atoms with Crippen LogP contribution in [-0.2, 0) is 18.5 Å². The van der Waals surface area contributed by atoms with Crippen molar-refractivity contribution in [3.8, 4) is 0 Å². The molecular formula is C17H23N3. The molecule has 0 fully saturated rings. The van der Waals surface area contributed by atoms with Crippen LogP contribution in [0.2, 0.25) is 0 Å². The molecule has 0 atom stereocenters. The molecule has 2 aromatic rings. The predicted molar refractivity (Wildman–Crippen MR) is 82.0 cm³/mol. The Hall–Kier alpha value is -1.61. The number of fused-ring (bicyclic) bond motifs is 1. The van der Waals surface area contributed by atoms with Crippen molar-refractivity contribution in [1.29, 1.82) is 0 Å². The van der Waals surface area contributed by atoms with E-state index in [0.717, 1.165) is 19.5 Å². The van der Waals surface area contributed by atoms with Crippen LogP contribution >= 0.6 is 0 Å². The third kappa shape index (κ3) is 2.27. The topological polar surface area (TPSA) is 29.9 Å². The number of aryl methyl sites for hydroxylation is 2. The first-order valence-corrected chi connectivity index (χ1v) is 7.33. The van der Waals surface area contributed by atoms with Gasteiger partial charge in [0.05, 0.1) is 23.3 Å². The molecule has 0 amide bonds. The van der Waals surface area contributed by atoms with Crippen molar-refractivity contribution in [3.05, 3.63) is 52.6 Å². The number of imidazole rings is 1. The van der Waals surface area contributed by atoms with Crippen LogP contribution in [0.5, 0.6) is 0 Å². The maximum Gasteiger partial charge on any atom is 0.0955 e. The van der Waals surface area contributed by atoms with Crippen LogP contribution in [0.1, 0.15) is 41.9 Å². The summed E-state index contributed by atoms with van der Waals surface area (Å²) in [5.41, 5.74) is 6.64. The van der Waals surface area contributed by atoms with Crippen molar-refractivity contribution >= 4 is 0 Å². The third-order valence-electron chi connectivity index (χ3n) is 4.27. The average Bonchev–Trinajstić information content (AvgIpc) is 2.77. The second-order valence-corrected chi connectivity index (χ2v) is 6.40. The first-order valence-electron chi connectivity index (χ1n) is 7.33. The first kappa shape index (κ1) is 13.4. The molecule has 1 aliphatic rings. The maximum atomic E-state index is 4.62. The lowest BCUT2D eigenvalue weighted by Crippen LogP contribution is -2.44. The van der Waals surface area contributed by atoms with Crippen molar-refractivity contribution < 1.29 is 0 Å². The Kier molecular flexibility index (Phi) is 3.17. The summed E-state index contributed by atoms with van der Waals surface area (Å²) in [6.07, 6.45) is 3.03. The molecule has 0 aliphatic carbocycles. The van der Waals surface area contributed by atoms with Crippen molar-refractivity contribution in [2.24, 2.45) is 0 Å². The number of nitrogens with one attached hydrogen (secondary N) is 1.